The van der Waals surface area contributed by atoms with Gasteiger partial charge in [-0.3, -0.25) is 4.40 Å². The van der Waals surface area contributed by atoms with Crippen molar-refractivity contribution in [2.45, 2.75) is 0 Å². The molecule has 0 saturated carbocycles. The molecular weight excluding hydrogens is 400 g/mol. The highest BCUT2D eigenvalue weighted by Crippen LogP contribution is 2.29. The second-order valence-electron chi connectivity index (χ2n) is 4.36. The molecule has 0 radical (unpaired) electrons. The van der Waals surface area contributed by atoms with Crippen LogP contribution in [0.2, 0.25) is 0 Å². The molecule has 0 saturated heterocycles. The Hall–Kier alpha value is -1.17. The molecule has 4 aromatic rings. The molecule has 2 aromatic carbocycles. The number of rotatable bonds is 1. The van der Waals surface area contributed by atoms with Gasteiger partial charge in [0.05, 0.1) is 15.9 Å². The first-order valence-corrected chi connectivity index (χ1v) is 7.55. The summed E-state index contributed by atoms with van der Waals surface area (Å²) in [6.45, 7) is 0. The molecule has 0 spiro atoms. The first-order chi connectivity index (χ1) is 9.31. The van der Waals surface area contributed by atoms with Gasteiger partial charge in [-0.15, -0.1) is 0 Å². The van der Waals surface area contributed by atoms with Gasteiger partial charge in [0.25, 0.3) is 0 Å². The topological polar surface area (TPSA) is 17.3 Å². The summed E-state index contributed by atoms with van der Waals surface area (Å²) < 4.78 is 4.51. The molecule has 4 rings (SSSR count). The van der Waals surface area contributed by atoms with Gasteiger partial charge in [0.15, 0.2) is 4.96 Å². The maximum absolute atomic E-state index is 4.72. The van der Waals surface area contributed by atoms with E-state index in [0.717, 1.165) is 20.7 Å². The van der Waals surface area contributed by atoms with Crippen molar-refractivity contribution in [1.82, 2.24) is 9.38 Å². The fraction of sp³-hybridized carbons (Fsp3) is 0. The number of aromatic nitrogens is 2. The van der Waals surface area contributed by atoms with E-state index >= 15 is 0 Å². The molecule has 2 aromatic heterocycles. The van der Waals surface area contributed by atoms with Crippen LogP contribution in [0.25, 0.3) is 26.4 Å². The third-order valence-corrected chi connectivity index (χ3v) is 4.65. The first kappa shape index (κ1) is 13.8. The standard InChI is InChI=1S/C15H9BrN2S.BrH/c16-11-5-3-4-10(8-11)12-9-18-13-6-1-2-7-14(13)19-15(18)17-12;/h1-9H;1H/p-1. The predicted octanol–water partition coefficient (Wildman–Crippen LogP) is 1.98. The Balaban J connectivity index is 0.00000121. The van der Waals surface area contributed by atoms with Crippen LogP contribution < -0.4 is 17.0 Å². The molecule has 0 amide bonds. The Labute approximate surface area is 139 Å². The summed E-state index contributed by atoms with van der Waals surface area (Å²) in [5, 5.41) is 0. The minimum absolute atomic E-state index is 0. The van der Waals surface area contributed by atoms with Crippen molar-refractivity contribution in [3.63, 3.8) is 0 Å². The van der Waals surface area contributed by atoms with Crippen LogP contribution in [0.15, 0.2) is 59.2 Å². The number of hydrogen-bond donors (Lipinski definition) is 0. The zero-order chi connectivity index (χ0) is 12.8. The largest absolute Gasteiger partial charge is 1.00 e. The van der Waals surface area contributed by atoms with Crippen molar-refractivity contribution in [1.29, 1.82) is 0 Å². The summed E-state index contributed by atoms with van der Waals surface area (Å²) in [4.78, 5) is 5.76. The van der Waals surface area contributed by atoms with Crippen LogP contribution in [0.3, 0.4) is 0 Å². The highest BCUT2D eigenvalue weighted by molar-refractivity contribution is 9.10. The van der Waals surface area contributed by atoms with Crippen LogP contribution >= 0.6 is 27.3 Å². The van der Waals surface area contributed by atoms with Crippen LogP contribution in [0.1, 0.15) is 0 Å². The van der Waals surface area contributed by atoms with Crippen molar-refractivity contribution >= 4 is 42.4 Å². The van der Waals surface area contributed by atoms with E-state index in [1.54, 1.807) is 11.3 Å². The summed E-state index contributed by atoms with van der Waals surface area (Å²) in [7, 11) is 0. The molecule has 100 valence electrons. The lowest BCUT2D eigenvalue weighted by molar-refractivity contribution is -0.00000352. The smallest absolute Gasteiger partial charge is 0.195 e. The Morgan fingerprint density at radius 2 is 1.90 bits per heavy atom. The number of nitrogens with zero attached hydrogens (tertiary/aromatic N) is 2. The number of hydrogen-bond acceptors (Lipinski definition) is 2. The van der Waals surface area contributed by atoms with Gasteiger partial charge in [-0.25, -0.2) is 4.98 Å². The number of benzene rings is 2. The van der Waals surface area contributed by atoms with Gasteiger partial charge in [0.2, 0.25) is 0 Å². The summed E-state index contributed by atoms with van der Waals surface area (Å²) in [5.41, 5.74) is 3.36. The summed E-state index contributed by atoms with van der Waals surface area (Å²) in [6, 6.07) is 16.6. The lowest BCUT2D eigenvalue weighted by atomic mass is 10.2. The van der Waals surface area contributed by atoms with Crippen LogP contribution in [0.4, 0.5) is 0 Å². The number of imidazole rings is 1. The van der Waals surface area contributed by atoms with Crippen molar-refractivity contribution in [2.75, 3.05) is 0 Å². The number of para-hydroxylation sites is 1. The molecule has 5 heteroatoms. The van der Waals surface area contributed by atoms with Crippen LogP contribution in [0.5, 0.6) is 0 Å². The Kier molecular flexibility index (Phi) is 3.67. The van der Waals surface area contributed by atoms with Gasteiger partial charge in [0, 0.05) is 16.2 Å². The third-order valence-electron chi connectivity index (χ3n) is 3.12. The molecule has 2 heterocycles. The summed E-state index contributed by atoms with van der Waals surface area (Å²) in [5.74, 6) is 0. The first-order valence-electron chi connectivity index (χ1n) is 5.94. The highest BCUT2D eigenvalue weighted by atomic mass is 79.9. The molecule has 0 fully saturated rings. The average molecular weight is 409 g/mol. The van der Waals surface area contributed by atoms with Gasteiger partial charge in [-0.05, 0) is 24.3 Å². The normalized spacial score (nSPS) is 10.8. The van der Waals surface area contributed by atoms with Gasteiger partial charge in [-0.1, -0.05) is 51.5 Å². The third kappa shape index (κ3) is 2.20. The molecule has 0 N–H and O–H groups in total. The van der Waals surface area contributed by atoms with Crippen molar-refractivity contribution < 1.29 is 17.0 Å². The van der Waals surface area contributed by atoms with E-state index < -0.39 is 0 Å². The quantitative estimate of drug-likeness (QED) is 0.470. The number of thiazole rings is 1. The summed E-state index contributed by atoms with van der Waals surface area (Å²) >= 11 is 5.22. The summed E-state index contributed by atoms with van der Waals surface area (Å²) in [6.07, 6.45) is 2.11. The van der Waals surface area contributed by atoms with Crippen LogP contribution in [-0.2, 0) is 0 Å². The van der Waals surface area contributed by atoms with E-state index in [9.17, 15) is 0 Å². The molecular formula is C15H9Br2N2S-. The zero-order valence-electron chi connectivity index (χ0n) is 10.3. The predicted molar refractivity (Wildman–Crippen MR) is 83.7 cm³/mol. The molecule has 0 aliphatic carbocycles. The molecule has 0 unspecified atom stereocenters. The van der Waals surface area contributed by atoms with Gasteiger partial charge < -0.3 is 17.0 Å². The SMILES string of the molecule is Brc1cccc(-c2cn3c(n2)sc2ccccc23)c1.[Br-]. The van der Waals surface area contributed by atoms with Gasteiger partial charge in [-0.2, -0.15) is 0 Å². The maximum Gasteiger partial charge on any atom is 0.195 e. The number of halogens is 2. The Morgan fingerprint density at radius 1 is 1.05 bits per heavy atom. The second-order valence-corrected chi connectivity index (χ2v) is 6.28. The van der Waals surface area contributed by atoms with Crippen molar-refractivity contribution in [3.8, 4) is 11.3 Å². The minimum atomic E-state index is 0. The molecule has 2 nitrogen and oxygen atoms in total. The zero-order valence-corrected chi connectivity index (χ0v) is 14.2. The fourth-order valence-corrected chi connectivity index (χ4v) is 3.64. The van der Waals surface area contributed by atoms with Gasteiger partial charge >= 0.3 is 0 Å². The maximum atomic E-state index is 4.72. The van der Waals surface area contributed by atoms with Crippen LogP contribution in [0, 0.1) is 0 Å². The van der Waals surface area contributed by atoms with Crippen LogP contribution in [-0.4, -0.2) is 9.38 Å². The minimum Gasteiger partial charge on any atom is -1.00 e. The molecule has 20 heavy (non-hydrogen) atoms. The fourth-order valence-electron chi connectivity index (χ4n) is 2.24. The molecule has 0 aliphatic heterocycles. The molecule has 0 bridgehead atoms. The molecule has 0 atom stereocenters. The monoisotopic (exact) mass is 407 g/mol. The highest BCUT2D eigenvalue weighted by Gasteiger charge is 2.09. The Bertz CT molecular complexity index is 895. The lowest BCUT2D eigenvalue weighted by Gasteiger charge is -1.96. The van der Waals surface area contributed by atoms with E-state index in [1.165, 1.54) is 10.2 Å². The Morgan fingerprint density at radius 3 is 2.75 bits per heavy atom. The average Bonchev–Trinajstić information content (AvgIpc) is 2.96. The number of fused-ring (bicyclic) bond motifs is 3. The van der Waals surface area contributed by atoms with E-state index in [4.69, 9.17) is 4.98 Å². The van der Waals surface area contributed by atoms with E-state index in [1.807, 2.05) is 12.1 Å². The van der Waals surface area contributed by atoms with E-state index in [0.29, 0.717) is 0 Å². The lowest BCUT2D eigenvalue weighted by Crippen LogP contribution is -3.00. The van der Waals surface area contributed by atoms with Gasteiger partial charge in [0.1, 0.15) is 0 Å². The van der Waals surface area contributed by atoms with E-state index in [-0.39, 0.29) is 17.0 Å². The van der Waals surface area contributed by atoms with Crippen molar-refractivity contribution in [3.05, 3.63) is 59.2 Å². The molecule has 0 aliphatic rings. The van der Waals surface area contributed by atoms with Crippen molar-refractivity contribution in [2.24, 2.45) is 0 Å². The second kappa shape index (κ2) is 5.31. The van der Waals surface area contributed by atoms with E-state index in [2.05, 4.69) is 62.9 Å².